The van der Waals surface area contributed by atoms with Crippen LogP contribution in [0.5, 0.6) is 0 Å². The molecule has 0 bridgehead atoms. The summed E-state index contributed by atoms with van der Waals surface area (Å²) in [6.45, 7) is 13.0. The quantitative estimate of drug-likeness (QED) is 0.844. The highest BCUT2D eigenvalue weighted by Crippen LogP contribution is 2.17. The minimum Gasteiger partial charge on any atom is -0.351 e. The van der Waals surface area contributed by atoms with Gasteiger partial charge in [0.2, 0.25) is 5.95 Å². The maximum atomic E-state index is 4.58. The van der Waals surface area contributed by atoms with Gasteiger partial charge >= 0.3 is 0 Å². The van der Waals surface area contributed by atoms with Crippen molar-refractivity contribution in [2.75, 3.05) is 5.32 Å². The molecule has 0 aliphatic rings. The lowest BCUT2D eigenvalue weighted by molar-refractivity contribution is 0.507. The van der Waals surface area contributed by atoms with Crippen LogP contribution in [0, 0.1) is 12.8 Å². The van der Waals surface area contributed by atoms with Crippen molar-refractivity contribution in [1.82, 2.24) is 9.97 Å². The van der Waals surface area contributed by atoms with Gasteiger partial charge in [-0.2, -0.15) is 0 Å². The topological polar surface area (TPSA) is 37.8 Å². The number of hydrogen-bond donors (Lipinski definition) is 1. The summed E-state index contributed by atoms with van der Waals surface area (Å²) in [7, 11) is 0. The molecule has 17 heavy (non-hydrogen) atoms. The second kappa shape index (κ2) is 5.99. The van der Waals surface area contributed by atoms with Crippen molar-refractivity contribution in [3.8, 4) is 0 Å². The van der Waals surface area contributed by atoms with Crippen molar-refractivity contribution in [2.45, 2.75) is 59.9 Å². The summed E-state index contributed by atoms with van der Waals surface area (Å²) in [5, 5.41) is 3.44. The lowest BCUT2D eigenvalue weighted by Gasteiger charge is -2.21. The van der Waals surface area contributed by atoms with Gasteiger partial charge in [-0.1, -0.05) is 34.6 Å². The Bertz CT molecular complexity index is 358. The Balaban J connectivity index is 2.90. The van der Waals surface area contributed by atoms with Crippen molar-refractivity contribution in [3.05, 3.63) is 17.5 Å². The molecular formula is C14H25N3. The largest absolute Gasteiger partial charge is 0.351 e. The molecule has 3 nitrogen and oxygen atoms in total. The molecule has 1 aromatic rings. The van der Waals surface area contributed by atoms with E-state index in [-0.39, 0.29) is 0 Å². The molecule has 1 unspecified atom stereocenters. The van der Waals surface area contributed by atoms with Gasteiger partial charge in [0.25, 0.3) is 0 Å². The Morgan fingerprint density at radius 1 is 1.18 bits per heavy atom. The predicted molar refractivity (Wildman–Crippen MR) is 73.4 cm³/mol. The average molecular weight is 235 g/mol. The maximum absolute atomic E-state index is 4.58. The molecular weight excluding hydrogens is 210 g/mol. The van der Waals surface area contributed by atoms with Crippen LogP contribution < -0.4 is 5.32 Å². The van der Waals surface area contributed by atoms with Crippen LogP contribution in [0.15, 0.2) is 6.07 Å². The third-order valence-corrected chi connectivity index (χ3v) is 3.02. The number of hydrogen-bond acceptors (Lipinski definition) is 3. The summed E-state index contributed by atoms with van der Waals surface area (Å²) in [4.78, 5) is 9.05. The van der Waals surface area contributed by atoms with Crippen molar-refractivity contribution < 1.29 is 0 Å². The van der Waals surface area contributed by atoms with E-state index in [2.05, 4.69) is 56.0 Å². The first-order valence-electron chi connectivity index (χ1n) is 6.56. The van der Waals surface area contributed by atoms with Gasteiger partial charge < -0.3 is 5.32 Å². The van der Waals surface area contributed by atoms with Crippen molar-refractivity contribution in [2.24, 2.45) is 5.92 Å². The number of rotatable bonds is 5. The van der Waals surface area contributed by atoms with Crippen LogP contribution in [0.2, 0.25) is 0 Å². The number of nitrogens with one attached hydrogen (secondary N) is 1. The molecule has 0 saturated carbocycles. The summed E-state index contributed by atoms with van der Waals surface area (Å²) in [5.41, 5.74) is 2.14. The van der Waals surface area contributed by atoms with E-state index in [0.717, 1.165) is 23.8 Å². The Kier molecular flexibility index (Phi) is 4.91. The molecule has 1 aromatic heterocycles. The molecule has 0 saturated heterocycles. The Hall–Kier alpha value is -1.12. The molecule has 1 rings (SSSR count). The molecule has 0 spiro atoms. The molecule has 96 valence electrons. The van der Waals surface area contributed by atoms with Crippen LogP contribution >= 0.6 is 0 Å². The minimum atomic E-state index is 0.441. The van der Waals surface area contributed by atoms with Gasteiger partial charge in [0.1, 0.15) is 0 Å². The van der Waals surface area contributed by atoms with Crippen LogP contribution in [0.3, 0.4) is 0 Å². The number of nitrogens with zero attached hydrogens (tertiary/aromatic N) is 2. The van der Waals surface area contributed by atoms with Crippen molar-refractivity contribution in [1.29, 1.82) is 0 Å². The fraction of sp³-hybridized carbons (Fsp3) is 0.714. The third kappa shape index (κ3) is 3.99. The van der Waals surface area contributed by atoms with Gasteiger partial charge in [-0.05, 0) is 31.2 Å². The summed E-state index contributed by atoms with van der Waals surface area (Å²) in [6, 6.07) is 2.50. The first-order chi connectivity index (χ1) is 7.93. The van der Waals surface area contributed by atoms with Gasteiger partial charge in [-0.25, -0.2) is 9.97 Å². The van der Waals surface area contributed by atoms with Crippen LogP contribution in [0.1, 0.15) is 58.3 Å². The summed E-state index contributed by atoms with van der Waals surface area (Å²) < 4.78 is 0. The average Bonchev–Trinajstić information content (AvgIpc) is 2.24. The smallest absolute Gasteiger partial charge is 0.223 e. The Morgan fingerprint density at radius 2 is 1.82 bits per heavy atom. The number of aryl methyl sites for hydroxylation is 1. The molecule has 0 fully saturated rings. The maximum Gasteiger partial charge on any atom is 0.223 e. The molecule has 1 atom stereocenters. The second-order valence-electron chi connectivity index (χ2n) is 5.32. The lowest BCUT2D eigenvalue weighted by atomic mass is 10.0. The zero-order valence-electron chi connectivity index (χ0n) is 11.9. The van der Waals surface area contributed by atoms with E-state index in [4.69, 9.17) is 0 Å². The molecule has 0 aliphatic heterocycles. The lowest BCUT2D eigenvalue weighted by Crippen LogP contribution is -2.26. The van der Waals surface area contributed by atoms with E-state index in [0.29, 0.717) is 17.9 Å². The molecule has 0 amide bonds. The summed E-state index contributed by atoms with van der Waals surface area (Å²) in [6.07, 6.45) is 1.09. The molecule has 3 heteroatoms. The van der Waals surface area contributed by atoms with Crippen LogP contribution in [0.4, 0.5) is 5.95 Å². The van der Waals surface area contributed by atoms with E-state index >= 15 is 0 Å². The fourth-order valence-corrected chi connectivity index (χ4v) is 1.86. The molecule has 1 heterocycles. The van der Waals surface area contributed by atoms with Crippen LogP contribution in [-0.4, -0.2) is 16.0 Å². The molecule has 0 aromatic carbocycles. The highest BCUT2D eigenvalue weighted by Gasteiger charge is 2.13. The van der Waals surface area contributed by atoms with E-state index in [1.54, 1.807) is 0 Å². The monoisotopic (exact) mass is 235 g/mol. The number of anilines is 1. The highest BCUT2D eigenvalue weighted by molar-refractivity contribution is 5.30. The first kappa shape index (κ1) is 13.9. The summed E-state index contributed by atoms with van der Waals surface area (Å²) in [5.74, 6) is 1.80. The van der Waals surface area contributed by atoms with E-state index in [9.17, 15) is 0 Å². The van der Waals surface area contributed by atoms with Crippen molar-refractivity contribution in [3.63, 3.8) is 0 Å². The minimum absolute atomic E-state index is 0.441. The predicted octanol–water partition coefficient (Wildman–Crippen LogP) is 3.75. The SMILES string of the molecule is CCC(Nc1nc(C)cc(C(C)C)n1)C(C)C. The van der Waals surface area contributed by atoms with Gasteiger partial charge in [0.05, 0.1) is 0 Å². The van der Waals surface area contributed by atoms with Crippen LogP contribution in [-0.2, 0) is 0 Å². The third-order valence-electron chi connectivity index (χ3n) is 3.02. The van der Waals surface area contributed by atoms with Crippen molar-refractivity contribution >= 4 is 5.95 Å². The highest BCUT2D eigenvalue weighted by atomic mass is 15.1. The van der Waals surface area contributed by atoms with E-state index in [1.165, 1.54) is 0 Å². The van der Waals surface area contributed by atoms with Gasteiger partial charge in [0.15, 0.2) is 0 Å². The standard InChI is InChI=1S/C14H25N3/c1-7-12(9(2)3)16-14-15-11(6)8-13(17-14)10(4)5/h8-10,12H,7H2,1-6H3,(H,15,16,17). The van der Waals surface area contributed by atoms with Gasteiger partial charge in [-0.15, -0.1) is 0 Å². The summed E-state index contributed by atoms with van der Waals surface area (Å²) >= 11 is 0. The fourth-order valence-electron chi connectivity index (χ4n) is 1.86. The van der Waals surface area contributed by atoms with E-state index in [1.807, 2.05) is 6.92 Å². The normalized spacial score (nSPS) is 13.2. The van der Waals surface area contributed by atoms with Gasteiger partial charge in [-0.3, -0.25) is 0 Å². The Morgan fingerprint density at radius 3 is 2.29 bits per heavy atom. The molecule has 1 N–H and O–H groups in total. The number of aromatic nitrogens is 2. The first-order valence-corrected chi connectivity index (χ1v) is 6.56. The van der Waals surface area contributed by atoms with E-state index < -0.39 is 0 Å². The zero-order valence-corrected chi connectivity index (χ0v) is 11.9. The zero-order chi connectivity index (χ0) is 13.0. The Labute approximate surface area is 105 Å². The van der Waals surface area contributed by atoms with Gasteiger partial charge in [0, 0.05) is 17.4 Å². The van der Waals surface area contributed by atoms with Crippen LogP contribution in [0.25, 0.3) is 0 Å². The molecule has 0 radical (unpaired) electrons. The second-order valence-corrected chi connectivity index (χ2v) is 5.32. The molecule has 0 aliphatic carbocycles.